The lowest BCUT2D eigenvalue weighted by Crippen LogP contribution is -2.31. The van der Waals surface area contributed by atoms with E-state index in [1.165, 1.54) is 17.7 Å². The molecule has 2 aromatic carbocycles. The lowest BCUT2D eigenvalue weighted by molar-refractivity contribution is -0.384. The second-order valence-electron chi connectivity index (χ2n) is 8.06. The summed E-state index contributed by atoms with van der Waals surface area (Å²) in [7, 11) is 3.34. The number of carbonyl (C=O) groups is 2. The van der Waals surface area contributed by atoms with E-state index in [1.807, 2.05) is 31.2 Å². The molecule has 166 valence electrons. The molecule has 1 atom stereocenters. The van der Waals surface area contributed by atoms with Crippen molar-refractivity contribution in [2.75, 3.05) is 25.6 Å². The van der Waals surface area contributed by atoms with Gasteiger partial charge in [0.05, 0.1) is 16.5 Å². The zero-order chi connectivity index (χ0) is 23.1. The number of anilines is 1. The third-order valence-electron chi connectivity index (χ3n) is 4.73. The van der Waals surface area contributed by atoms with Crippen LogP contribution in [-0.2, 0) is 16.0 Å². The summed E-state index contributed by atoms with van der Waals surface area (Å²) in [5, 5.41) is 14.0. The topological polar surface area (TPSA) is 102 Å². The van der Waals surface area contributed by atoms with Gasteiger partial charge in [-0.25, -0.2) is 4.79 Å². The highest BCUT2D eigenvalue weighted by molar-refractivity contribution is 5.93. The number of ether oxygens (including phenoxy) is 1. The maximum atomic E-state index is 12.2. The standard InChI is InChI=1S/C23H29N3O5/c1-15(2)12-17-6-8-18(9-7-17)16(3)24-22(27)14-31-23(28)19-10-11-20(25(4)5)21(13-19)26(29)30/h6-11,13,15-16H,12,14H2,1-5H3,(H,24,27)/t16-/m0/s1. The zero-order valence-corrected chi connectivity index (χ0v) is 18.5. The molecule has 0 unspecified atom stereocenters. The molecule has 0 aromatic heterocycles. The van der Waals surface area contributed by atoms with Crippen LogP contribution >= 0.6 is 0 Å². The number of benzene rings is 2. The molecular weight excluding hydrogens is 398 g/mol. The lowest BCUT2D eigenvalue weighted by atomic mass is 10.00. The van der Waals surface area contributed by atoms with Gasteiger partial charge in [-0.2, -0.15) is 0 Å². The van der Waals surface area contributed by atoms with Gasteiger partial charge in [0.2, 0.25) is 0 Å². The Labute approximate surface area is 182 Å². The number of hydrogen-bond acceptors (Lipinski definition) is 6. The molecule has 0 heterocycles. The highest BCUT2D eigenvalue weighted by Gasteiger charge is 2.20. The Hall–Kier alpha value is -3.42. The van der Waals surface area contributed by atoms with Crippen LogP contribution in [0.2, 0.25) is 0 Å². The second kappa shape index (κ2) is 10.6. The normalized spacial score (nSPS) is 11.7. The van der Waals surface area contributed by atoms with Crippen molar-refractivity contribution in [3.05, 3.63) is 69.3 Å². The summed E-state index contributed by atoms with van der Waals surface area (Å²) in [6, 6.07) is 11.8. The van der Waals surface area contributed by atoms with Crippen molar-refractivity contribution in [3.63, 3.8) is 0 Å². The average molecular weight is 428 g/mol. The summed E-state index contributed by atoms with van der Waals surface area (Å²) in [5.74, 6) is -0.682. The fourth-order valence-corrected chi connectivity index (χ4v) is 3.17. The van der Waals surface area contributed by atoms with Gasteiger partial charge in [-0.1, -0.05) is 38.1 Å². The molecule has 0 saturated heterocycles. The molecule has 0 aliphatic carbocycles. The van der Waals surface area contributed by atoms with Gasteiger partial charge >= 0.3 is 5.97 Å². The summed E-state index contributed by atoms with van der Waals surface area (Å²) >= 11 is 0. The van der Waals surface area contributed by atoms with Crippen molar-refractivity contribution in [2.24, 2.45) is 5.92 Å². The SMILES string of the molecule is CC(C)Cc1ccc([C@H](C)NC(=O)COC(=O)c2ccc(N(C)C)c([N+](=O)[O-])c2)cc1. The second-order valence-corrected chi connectivity index (χ2v) is 8.06. The van der Waals surface area contributed by atoms with Crippen LogP contribution in [0.1, 0.15) is 48.3 Å². The molecule has 0 radical (unpaired) electrons. The van der Waals surface area contributed by atoms with Gasteiger partial charge in [0.25, 0.3) is 11.6 Å². The molecule has 0 fully saturated rings. The van der Waals surface area contributed by atoms with Crippen molar-refractivity contribution in [3.8, 4) is 0 Å². The first-order valence-corrected chi connectivity index (χ1v) is 10.1. The molecule has 8 nitrogen and oxygen atoms in total. The quantitative estimate of drug-likeness (QED) is 0.370. The molecule has 2 aromatic rings. The van der Waals surface area contributed by atoms with E-state index in [1.54, 1.807) is 19.0 Å². The molecule has 0 aliphatic heterocycles. The van der Waals surface area contributed by atoms with Crippen LogP contribution in [0.3, 0.4) is 0 Å². The molecule has 1 amide bonds. The van der Waals surface area contributed by atoms with Gasteiger partial charge in [-0.3, -0.25) is 14.9 Å². The first-order valence-electron chi connectivity index (χ1n) is 10.1. The zero-order valence-electron chi connectivity index (χ0n) is 18.5. The Morgan fingerprint density at radius 3 is 2.29 bits per heavy atom. The maximum Gasteiger partial charge on any atom is 0.338 e. The molecule has 8 heteroatoms. The van der Waals surface area contributed by atoms with Crippen molar-refractivity contribution < 1.29 is 19.2 Å². The predicted molar refractivity (Wildman–Crippen MR) is 119 cm³/mol. The molecule has 0 saturated carbocycles. The Morgan fingerprint density at radius 1 is 1.10 bits per heavy atom. The minimum atomic E-state index is -0.797. The Kier molecular flexibility index (Phi) is 8.13. The number of nitro benzene ring substituents is 1. The summed E-state index contributed by atoms with van der Waals surface area (Å²) in [4.78, 5) is 36.7. The van der Waals surface area contributed by atoms with Gasteiger partial charge in [-0.05, 0) is 42.5 Å². The number of amides is 1. The summed E-state index contributed by atoms with van der Waals surface area (Å²) in [6.45, 7) is 5.69. The molecular formula is C23H29N3O5. The maximum absolute atomic E-state index is 12.2. The first kappa shape index (κ1) is 23.9. The van der Waals surface area contributed by atoms with Crippen LogP contribution in [0.5, 0.6) is 0 Å². The minimum absolute atomic E-state index is 0.0129. The van der Waals surface area contributed by atoms with E-state index in [4.69, 9.17) is 4.74 Å². The van der Waals surface area contributed by atoms with Crippen LogP contribution in [0, 0.1) is 16.0 Å². The fraction of sp³-hybridized carbons (Fsp3) is 0.391. The highest BCUT2D eigenvalue weighted by Crippen LogP contribution is 2.28. The van der Waals surface area contributed by atoms with Crippen molar-refractivity contribution in [1.29, 1.82) is 0 Å². The summed E-state index contributed by atoms with van der Waals surface area (Å²) in [5.41, 5.74) is 2.35. The highest BCUT2D eigenvalue weighted by atomic mass is 16.6. The van der Waals surface area contributed by atoms with E-state index >= 15 is 0 Å². The van der Waals surface area contributed by atoms with Crippen LogP contribution < -0.4 is 10.2 Å². The van der Waals surface area contributed by atoms with E-state index < -0.39 is 23.4 Å². The smallest absolute Gasteiger partial charge is 0.338 e. The van der Waals surface area contributed by atoms with Gasteiger partial charge < -0.3 is 15.0 Å². The van der Waals surface area contributed by atoms with Gasteiger partial charge in [-0.15, -0.1) is 0 Å². The van der Waals surface area contributed by atoms with Crippen molar-refractivity contribution in [2.45, 2.75) is 33.2 Å². The summed E-state index contributed by atoms with van der Waals surface area (Å²) in [6.07, 6.45) is 0.991. The average Bonchev–Trinajstić information content (AvgIpc) is 2.71. The fourth-order valence-electron chi connectivity index (χ4n) is 3.17. The van der Waals surface area contributed by atoms with Crippen LogP contribution in [-0.4, -0.2) is 37.5 Å². The molecule has 0 bridgehead atoms. The number of nitro groups is 1. The molecule has 0 aliphatic rings. The van der Waals surface area contributed by atoms with E-state index in [0.717, 1.165) is 18.1 Å². The number of nitrogens with one attached hydrogen (secondary N) is 1. The molecule has 0 spiro atoms. The van der Waals surface area contributed by atoms with Crippen molar-refractivity contribution >= 4 is 23.3 Å². The van der Waals surface area contributed by atoms with E-state index in [-0.39, 0.29) is 17.3 Å². The molecule has 31 heavy (non-hydrogen) atoms. The van der Waals surface area contributed by atoms with E-state index in [0.29, 0.717) is 11.6 Å². The van der Waals surface area contributed by atoms with Crippen LogP contribution in [0.15, 0.2) is 42.5 Å². The lowest BCUT2D eigenvalue weighted by Gasteiger charge is -2.16. The third kappa shape index (κ3) is 6.80. The number of rotatable bonds is 9. The van der Waals surface area contributed by atoms with Crippen molar-refractivity contribution in [1.82, 2.24) is 5.32 Å². The number of esters is 1. The van der Waals surface area contributed by atoms with Crippen LogP contribution in [0.4, 0.5) is 11.4 Å². The van der Waals surface area contributed by atoms with Gasteiger partial charge in [0.15, 0.2) is 6.61 Å². The Morgan fingerprint density at radius 2 is 1.74 bits per heavy atom. The van der Waals surface area contributed by atoms with Gasteiger partial charge in [0, 0.05) is 20.2 Å². The number of nitrogens with zero attached hydrogens (tertiary/aromatic N) is 2. The largest absolute Gasteiger partial charge is 0.452 e. The monoisotopic (exact) mass is 427 g/mol. The van der Waals surface area contributed by atoms with E-state index in [9.17, 15) is 19.7 Å². The summed E-state index contributed by atoms with van der Waals surface area (Å²) < 4.78 is 5.04. The third-order valence-corrected chi connectivity index (χ3v) is 4.73. The van der Waals surface area contributed by atoms with Crippen LogP contribution in [0.25, 0.3) is 0 Å². The predicted octanol–water partition coefficient (Wildman–Crippen LogP) is 3.89. The minimum Gasteiger partial charge on any atom is -0.452 e. The first-order chi connectivity index (χ1) is 14.6. The number of hydrogen-bond donors (Lipinski definition) is 1. The van der Waals surface area contributed by atoms with E-state index in [2.05, 4.69) is 19.2 Å². The molecule has 1 N–H and O–H groups in total. The Balaban J connectivity index is 1.94. The molecule has 2 rings (SSSR count). The van der Waals surface area contributed by atoms with Gasteiger partial charge in [0.1, 0.15) is 5.69 Å². The Bertz CT molecular complexity index is 939. The number of carbonyl (C=O) groups excluding carboxylic acids is 2.